The van der Waals surface area contributed by atoms with Crippen LogP contribution in [0.4, 0.5) is 9.18 Å². The van der Waals surface area contributed by atoms with Gasteiger partial charge in [-0.25, -0.2) is 9.18 Å². The van der Waals surface area contributed by atoms with Gasteiger partial charge in [-0.2, -0.15) is 0 Å². The van der Waals surface area contributed by atoms with Gasteiger partial charge in [0.2, 0.25) is 0 Å². The lowest BCUT2D eigenvalue weighted by atomic mass is 10.1. The fraction of sp³-hybridized carbons (Fsp3) is 0.333. The number of hydrogen-bond donors (Lipinski definition) is 3. The van der Waals surface area contributed by atoms with Crippen LogP contribution in [0, 0.1) is 12.7 Å². The Balaban J connectivity index is 2.33. The Bertz CT molecular complexity index is 449. The summed E-state index contributed by atoms with van der Waals surface area (Å²) in [6, 6.07) is 4.12. The first-order valence-corrected chi connectivity index (χ1v) is 5.47. The van der Waals surface area contributed by atoms with E-state index < -0.39 is 12.0 Å². The van der Waals surface area contributed by atoms with Gasteiger partial charge in [-0.15, -0.1) is 0 Å². The number of carbonyl (C=O) groups excluding carboxylic acids is 1. The summed E-state index contributed by atoms with van der Waals surface area (Å²) >= 11 is 0. The highest BCUT2D eigenvalue weighted by atomic mass is 19.1. The summed E-state index contributed by atoms with van der Waals surface area (Å²) in [7, 11) is 0. The first-order valence-electron chi connectivity index (χ1n) is 5.47. The van der Waals surface area contributed by atoms with Crippen molar-refractivity contribution < 1.29 is 19.1 Å². The number of rotatable bonds is 5. The molecule has 1 rings (SSSR count). The second kappa shape index (κ2) is 6.58. The third-order valence-corrected chi connectivity index (χ3v) is 2.30. The number of nitrogens with one attached hydrogen (secondary N) is 2. The third kappa shape index (κ3) is 4.82. The highest BCUT2D eigenvalue weighted by molar-refractivity contribution is 5.74. The van der Waals surface area contributed by atoms with E-state index in [1.807, 2.05) is 0 Å². The molecule has 0 aromatic heterocycles. The van der Waals surface area contributed by atoms with Crippen LogP contribution in [0.25, 0.3) is 0 Å². The number of urea groups is 1. The van der Waals surface area contributed by atoms with Gasteiger partial charge in [0.05, 0.1) is 6.42 Å². The highest BCUT2D eigenvalue weighted by Gasteiger charge is 2.03. The number of hydrogen-bond acceptors (Lipinski definition) is 2. The van der Waals surface area contributed by atoms with Crippen LogP contribution >= 0.6 is 0 Å². The van der Waals surface area contributed by atoms with Crippen molar-refractivity contribution in [1.29, 1.82) is 0 Å². The van der Waals surface area contributed by atoms with Crippen molar-refractivity contribution in [3.05, 3.63) is 35.1 Å². The van der Waals surface area contributed by atoms with Gasteiger partial charge in [0.15, 0.2) is 0 Å². The fourth-order valence-electron chi connectivity index (χ4n) is 1.34. The quantitative estimate of drug-likeness (QED) is 0.743. The second-order valence-corrected chi connectivity index (χ2v) is 3.84. The Labute approximate surface area is 104 Å². The number of carboxylic acids is 1. The average molecular weight is 254 g/mol. The minimum Gasteiger partial charge on any atom is -0.481 e. The van der Waals surface area contributed by atoms with Crippen LogP contribution < -0.4 is 10.6 Å². The average Bonchev–Trinajstić information content (AvgIpc) is 2.30. The van der Waals surface area contributed by atoms with E-state index in [9.17, 15) is 14.0 Å². The van der Waals surface area contributed by atoms with E-state index in [2.05, 4.69) is 10.6 Å². The molecular weight excluding hydrogens is 239 g/mol. The molecule has 2 amide bonds. The van der Waals surface area contributed by atoms with Crippen molar-refractivity contribution in [1.82, 2.24) is 10.6 Å². The lowest BCUT2D eigenvalue weighted by Gasteiger charge is -2.07. The van der Waals surface area contributed by atoms with Gasteiger partial charge in [-0.3, -0.25) is 4.79 Å². The van der Waals surface area contributed by atoms with Crippen molar-refractivity contribution in [2.75, 3.05) is 6.54 Å². The van der Waals surface area contributed by atoms with Crippen molar-refractivity contribution in [2.45, 2.75) is 19.9 Å². The number of halogens is 1. The monoisotopic (exact) mass is 254 g/mol. The molecule has 0 radical (unpaired) electrons. The smallest absolute Gasteiger partial charge is 0.315 e. The van der Waals surface area contributed by atoms with Gasteiger partial charge in [-0.05, 0) is 24.1 Å². The minimum atomic E-state index is -0.968. The van der Waals surface area contributed by atoms with Gasteiger partial charge in [-0.1, -0.05) is 12.1 Å². The summed E-state index contributed by atoms with van der Waals surface area (Å²) in [6.45, 7) is 1.98. The second-order valence-electron chi connectivity index (χ2n) is 3.84. The van der Waals surface area contributed by atoms with E-state index in [-0.39, 0.29) is 25.3 Å². The van der Waals surface area contributed by atoms with Gasteiger partial charge >= 0.3 is 12.0 Å². The van der Waals surface area contributed by atoms with E-state index in [0.717, 1.165) is 5.56 Å². The zero-order chi connectivity index (χ0) is 13.5. The molecule has 0 heterocycles. The Morgan fingerprint density at radius 2 is 2.06 bits per heavy atom. The molecule has 1 aromatic carbocycles. The van der Waals surface area contributed by atoms with Gasteiger partial charge in [0.1, 0.15) is 5.82 Å². The molecule has 98 valence electrons. The summed E-state index contributed by atoms with van der Waals surface area (Å²) in [5, 5.41) is 13.3. The fourth-order valence-corrected chi connectivity index (χ4v) is 1.34. The number of carbonyl (C=O) groups is 2. The predicted molar refractivity (Wildman–Crippen MR) is 63.6 cm³/mol. The number of amides is 2. The molecule has 18 heavy (non-hydrogen) atoms. The lowest BCUT2D eigenvalue weighted by Crippen LogP contribution is -2.36. The first kappa shape index (κ1) is 14.0. The molecular formula is C12H15FN2O3. The topological polar surface area (TPSA) is 78.4 Å². The molecule has 0 aliphatic heterocycles. The molecule has 0 spiro atoms. The van der Waals surface area contributed by atoms with Crippen molar-refractivity contribution in [3.63, 3.8) is 0 Å². The van der Waals surface area contributed by atoms with E-state index in [4.69, 9.17) is 5.11 Å². The lowest BCUT2D eigenvalue weighted by molar-refractivity contribution is -0.136. The molecule has 6 heteroatoms. The molecule has 0 saturated carbocycles. The molecule has 0 atom stereocenters. The summed E-state index contributed by atoms with van der Waals surface area (Å²) in [5.74, 6) is -1.26. The summed E-state index contributed by atoms with van der Waals surface area (Å²) in [4.78, 5) is 21.5. The van der Waals surface area contributed by atoms with Gasteiger partial charge < -0.3 is 15.7 Å². The Hall–Kier alpha value is -2.11. The van der Waals surface area contributed by atoms with Crippen molar-refractivity contribution in [2.24, 2.45) is 0 Å². The zero-order valence-electron chi connectivity index (χ0n) is 10.00. The van der Waals surface area contributed by atoms with Gasteiger partial charge in [0.25, 0.3) is 0 Å². The van der Waals surface area contributed by atoms with Crippen molar-refractivity contribution in [3.8, 4) is 0 Å². The van der Waals surface area contributed by atoms with Crippen LogP contribution in [-0.2, 0) is 11.3 Å². The van der Waals surface area contributed by atoms with E-state index in [1.54, 1.807) is 19.1 Å². The molecule has 1 aromatic rings. The van der Waals surface area contributed by atoms with Crippen LogP contribution in [0.2, 0.25) is 0 Å². The molecule has 3 N–H and O–H groups in total. The molecule has 0 aliphatic rings. The normalized spacial score (nSPS) is 9.89. The summed E-state index contributed by atoms with van der Waals surface area (Å²) < 4.78 is 13.0. The van der Waals surface area contributed by atoms with Crippen LogP contribution in [0.3, 0.4) is 0 Å². The maximum Gasteiger partial charge on any atom is 0.315 e. The SMILES string of the molecule is Cc1cc(CNC(=O)NCCC(=O)O)ccc1F. The van der Waals surface area contributed by atoms with E-state index in [1.165, 1.54) is 6.07 Å². The van der Waals surface area contributed by atoms with Crippen LogP contribution in [0.1, 0.15) is 17.5 Å². The molecule has 5 nitrogen and oxygen atoms in total. The molecule has 0 saturated heterocycles. The van der Waals surface area contributed by atoms with E-state index in [0.29, 0.717) is 5.56 Å². The Morgan fingerprint density at radius 3 is 2.67 bits per heavy atom. The summed E-state index contributed by atoms with van der Waals surface area (Å²) in [5.41, 5.74) is 1.29. The molecule has 0 unspecified atom stereocenters. The number of carboxylic acid groups (broad SMARTS) is 1. The predicted octanol–water partition coefficient (Wildman–Crippen LogP) is 1.41. The minimum absolute atomic E-state index is 0.0730. The van der Waals surface area contributed by atoms with E-state index >= 15 is 0 Å². The molecule has 0 bridgehead atoms. The maximum atomic E-state index is 13.0. The zero-order valence-corrected chi connectivity index (χ0v) is 10.00. The van der Waals surface area contributed by atoms with Crippen LogP contribution in [0.5, 0.6) is 0 Å². The largest absolute Gasteiger partial charge is 0.481 e. The number of aryl methyl sites for hydroxylation is 1. The highest BCUT2D eigenvalue weighted by Crippen LogP contribution is 2.08. The Morgan fingerprint density at radius 1 is 1.33 bits per heavy atom. The third-order valence-electron chi connectivity index (χ3n) is 2.30. The number of benzene rings is 1. The summed E-state index contributed by atoms with van der Waals surface area (Å²) in [6.07, 6.45) is -0.122. The number of aliphatic carboxylic acids is 1. The first-order chi connectivity index (χ1) is 8.49. The Kier molecular flexibility index (Phi) is 5.10. The van der Waals surface area contributed by atoms with Crippen LogP contribution in [0.15, 0.2) is 18.2 Å². The standard InChI is InChI=1S/C12H15FN2O3/c1-8-6-9(2-3-10(8)13)7-15-12(18)14-5-4-11(16)17/h2-3,6H,4-5,7H2,1H3,(H,16,17)(H2,14,15,18). The van der Waals surface area contributed by atoms with Crippen LogP contribution in [-0.4, -0.2) is 23.7 Å². The van der Waals surface area contributed by atoms with Gasteiger partial charge in [0, 0.05) is 13.1 Å². The van der Waals surface area contributed by atoms with Crippen molar-refractivity contribution >= 4 is 12.0 Å². The molecule has 0 aliphatic carbocycles. The molecule has 0 fully saturated rings. The maximum absolute atomic E-state index is 13.0.